The van der Waals surface area contributed by atoms with Gasteiger partial charge in [0.2, 0.25) is 0 Å². The van der Waals surface area contributed by atoms with Gasteiger partial charge in [-0.25, -0.2) is 0 Å². The summed E-state index contributed by atoms with van der Waals surface area (Å²) < 4.78 is 0. The summed E-state index contributed by atoms with van der Waals surface area (Å²) in [5, 5.41) is 3.56. The molecule has 0 spiro atoms. The van der Waals surface area contributed by atoms with Gasteiger partial charge < -0.3 is 5.32 Å². The molecule has 2 heterocycles. The average Bonchev–Trinajstić information content (AvgIpc) is 2.93. The predicted molar refractivity (Wildman–Crippen MR) is 70.7 cm³/mol. The lowest BCUT2D eigenvalue weighted by atomic mass is 9.85. The standard InChI is InChI=1S/C14H19NOS/c1-9-6-7-13(17-9)14(16)12-8-10-4-2-3-5-11(10)15-12/h6-7,10-12,15H,2-5,8H2,1H3. The molecule has 3 unspecified atom stereocenters. The Hall–Kier alpha value is -0.670. The van der Waals surface area contributed by atoms with Crippen molar-refractivity contribution >= 4 is 17.1 Å². The lowest BCUT2D eigenvalue weighted by Crippen LogP contribution is -2.36. The molecule has 3 atom stereocenters. The minimum Gasteiger partial charge on any atom is -0.304 e. The first-order chi connectivity index (χ1) is 8.24. The lowest BCUT2D eigenvalue weighted by Gasteiger charge is -2.24. The van der Waals surface area contributed by atoms with Gasteiger partial charge in [-0.05, 0) is 44.2 Å². The molecular weight excluding hydrogens is 230 g/mol. The van der Waals surface area contributed by atoms with E-state index in [1.165, 1.54) is 30.6 Å². The van der Waals surface area contributed by atoms with E-state index in [0.29, 0.717) is 11.8 Å². The average molecular weight is 249 g/mol. The van der Waals surface area contributed by atoms with Crippen LogP contribution in [0.2, 0.25) is 0 Å². The van der Waals surface area contributed by atoms with Crippen LogP contribution in [0, 0.1) is 12.8 Å². The number of fused-ring (bicyclic) bond motifs is 1. The van der Waals surface area contributed by atoms with Gasteiger partial charge in [0.25, 0.3) is 0 Å². The Morgan fingerprint density at radius 2 is 2.18 bits per heavy atom. The number of ketones is 1. The van der Waals surface area contributed by atoms with E-state index in [-0.39, 0.29) is 6.04 Å². The van der Waals surface area contributed by atoms with E-state index in [1.807, 2.05) is 12.1 Å². The van der Waals surface area contributed by atoms with Gasteiger partial charge in [0.1, 0.15) is 0 Å². The molecule has 1 saturated heterocycles. The van der Waals surface area contributed by atoms with E-state index in [1.54, 1.807) is 11.3 Å². The summed E-state index contributed by atoms with van der Waals surface area (Å²) in [5.41, 5.74) is 0. The van der Waals surface area contributed by atoms with Crippen molar-refractivity contribution in [3.05, 3.63) is 21.9 Å². The van der Waals surface area contributed by atoms with E-state index in [2.05, 4.69) is 12.2 Å². The number of hydrogen-bond donors (Lipinski definition) is 1. The van der Waals surface area contributed by atoms with Gasteiger partial charge in [-0.1, -0.05) is 12.8 Å². The molecule has 3 heteroatoms. The molecule has 0 bridgehead atoms. The number of aryl methyl sites for hydroxylation is 1. The largest absolute Gasteiger partial charge is 0.304 e. The van der Waals surface area contributed by atoms with Crippen molar-refractivity contribution in [2.24, 2.45) is 5.92 Å². The van der Waals surface area contributed by atoms with E-state index in [0.717, 1.165) is 17.2 Å². The highest BCUT2D eigenvalue weighted by molar-refractivity contribution is 7.14. The first-order valence-electron chi connectivity index (χ1n) is 6.61. The van der Waals surface area contributed by atoms with E-state index in [4.69, 9.17) is 0 Å². The van der Waals surface area contributed by atoms with Crippen LogP contribution in [0.25, 0.3) is 0 Å². The molecule has 1 aliphatic heterocycles. The fraction of sp³-hybridized carbons (Fsp3) is 0.643. The number of Topliss-reactive ketones (excluding diaryl/α,β-unsaturated/α-hetero) is 1. The molecule has 3 rings (SSSR count). The van der Waals surface area contributed by atoms with Crippen molar-refractivity contribution in [2.75, 3.05) is 0 Å². The molecule has 92 valence electrons. The third kappa shape index (κ3) is 2.18. The maximum atomic E-state index is 12.4. The highest BCUT2D eigenvalue weighted by atomic mass is 32.1. The van der Waals surface area contributed by atoms with Gasteiger partial charge in [-0.2, -0.15) is 0 Å². The highest BCUT2D eigenvalue weighted by Gasteiger charge is 2.38. The van der Waals surface area contributed by atoms with E-state index in [9.17, 15) is 4.79 Å². The zero-order valence-electron chi connectivity index (χ0n) is 10.2. The number of rotatable bonds is 2. The molecule has 1 saturated carbocycles. The van der Waals surface area contributed by atoms with Crippen LogP contribution in [-0.4, -0.2) is 17.9 Å². The van der Waals surface area contributed by atoms with Crippen LogP contribution < -0.4 is 5.32 Å². The van der Waals surface area contributed by atoms with Crippen molar-refractivity contribution in [2.45, 2.75) is 51.1 Å². The summed E-state index contributed by atoms with van der Waals surface area (Å²) in [7, 11) is 0. The third-order valence-corrected chi connectivity index (χ3v) is 5.18. The van der Waals surface area contributed by atoms with Crippen molar-refractivity contribution in [3.63, 3.8) is 0 Å². The second kappa shape index (κ2) is 4.54. The smallest absolute Gasteiger partial charge is 0.189 e. The molecule has 1 aromatic rings. The van der Waals surface area contributed by atoms with Crippen LogP contribution in [0.3, 0.4) is 0 Å². The minimum atomic E-state index is 0.0844. The van der Waals surface area contributed by atoms with E-state index < -0.39 is 0 Å². The zero-order chi connectivity index (χ0) is 11.8. The molecule has 1 aromatic heterocycles. The summed E-state index contributed by atoms with van der Waals surface area (Å²) in [6.45, 7) is 2.06. The lowest BCUT2D eigenvalue weighted by molar-refractivity contribution is 0.0953. The maximum Gasteiger partial charge on any atom is 0.189 e. The first kappa shape index (κ1) is 11.4. The van der Waals surface area contributed by atoms with Crippen LogP contribution in [0.4, 0.5) is 0 Å². The molecule has 2 fully saturated rings. The summed E-state index contributed by atoms with van der Waals surface area (Å²) in [5.74, 6) is 1.07. The van der Waals surface area contributed by atoms with Gasteiger partial charge in [0.15, 0.2) is 5.78 Å². The zero-order valence-corrected chi connectivity index (χ0v) is 11.1. The SMILES string of the molecule is Cc1ccc(C(=O)C2CC3CCCCC3N2)s1. The van der Waals surface area contributed by atoms with Crippen molar-refractivity contribution in [1.82, 2.24) is 5.32 Å². The van der Waals surface area contributed by atoms with Gasteiger partial charge >= 0.3 is 0 Å². The molecule has 2 aliphatic rings. The number of thiophene rings is 1. The van der Waals surface area contributed by atoms with Crippen molar-refractivity contribution in [3.8, 4) is 0 Å². The number of nitrogens with one attached hydrogen (secondary N) is 1. The first-order valence-corrected chi connectivity index (χ1v) is 7.42. The Balaban J connectivity index is 1.71. The molecular formula is C14H19NOS. The normalized spacial score (nSPS) is 32.4. The van der Waals surface area contributed by atoms with Crippen LogP contribution in [-0.2, 0) is 0 Å². The second-order valence-corrected chi connectivity index (χ2v) is 6.67. The minimum absolute atomic E-state index is 0.0844. The van der Waals surface area contributed by atoms with Gasteiger partial charge in [0.05, 0.1) is 10.9 Å². The van der Waals surface area contributed by atoms with Crippen molar-refractivity contribution in [1.29, 1.82) is 0 Å². The maximum absolute atomic E-state index is 12.4. The molecule has 2 nitrogen and oxygen atoms in total. The quantitative estimate of drug-likeness (QED) is 0.816. The molecule has 1 aliphatic carbocycles. The topological polar surface area (TPSA) is 29.1 Å². The van der Waals surface area contributed by atoms with Gasteiger partial charge in [-0.15, -0.1) is 11.3 Å². The fourth-order valence-corrected chi connectivity index (χ4v) is 4.12. The molecule has 1 N–H and O–H groups in total. The number of carbonyl (C=O) groups excluding carboxylic acids is 1. The summed E-state index contributed by atoms with van der Waals surface area (Å²) in [6, 6.07) is 4.71. The van der Waals surface area contributed by atoms with Gasteiger partial charge in [-0.3, -0.25) is 4.79 Å². The Morgan fingerprint density at radius 1 is 1.35 bits per heavy atom. The molecule has 0 amide bonds. The molecule has 17 heavy (non-hydrogen) atoms. The van der Waals surface area contributed by atoms with Crippen LogP contribution in [0.1, 0.15) is 46.7 Å². The fourth-order valence-electron chi connectivity index (χ4n) is 3.26. The molecule has 0 aromatic carbocycles. The Labute approximate surface area is 106 Å². The summed E-state index contributed by atoms with van der Waals surface area (Å²) in [4.78, 5) is 14.5. The second-order valence-electron chi connectivity index (χ2n) is 5.38. The highest BCUT2D eigenvalue weighted by Crippen LogP contribution is 2.34. The monoisotopic (exact) mass is 249 g/mol. The number of hydrogen-bond acceptors (Lipinski definition) is 3. The summed E-state index contributed by atoms with van der Waals surface area (Å²) in [6.07, 6.45) is 6.30. The van der Waals surface area contributed by atoms with Crippen LogP contribution in [0.15, 0.2) is 12.1 Å². The number of carbonyl (C=O) groups is 1. The van der Waals surface area contributed by atoms with Crippen molar-refractivity contribution < 1.29 is 4.79 Å². The Kier molecular flexibility index (Phi) is 3.05. The molecule has 0 radical (unpaired) electrons. The third-order valence-electron chi connectivity index (χ3n) is 4.16. The summed E-state index contributed by atoms with van der Waals surface area (Å²) >= 11 is 1.63. The van der Waals surface area contributed by atoms with Crippen LogP contribution >= 0.6 is 11.3 Å². The Morgan fingerprint density at radius 3 is 2.88 bits per heavy atom. The van der Waals surface area contributed by atoms with Crippen LogP contribution in [0.5, 0.6) is 0 Å². The van der Waals surface area contributed by atoms with E-state index >= 15 is 0 Å². The van der Waals surface area contributed by atoms with Gasteiger partial charge in [0, 0.05) is 10.9 Å². The predicted octanol–water partition coefficient (Wildman–Crippen LogP) is 3.16. The Bertz CT molecular complexity index is 412.